The van der Waals surface area contributed by atoms with Crippen molar-refractivity contribution < 1.29 is 26.7 Å². The number of ether oxygens (including phenoxy) is 1. The number of amides is 1. The fourth-order valence-corrected chi connectivity index (χ4v) is 7.33. The summed E-state index contributed by atoms with van der Waals surface area (Å²) < 4.78 is 61.6. The van der Waals surface area contributed by atoms with E-state index in [9.17, 15) is 17.6 Å². The summed E-state index contributed by atoms with van der Waals surface area (Å²) in [6.45, 7) is 0.422. The highest BCUT2D eigenvalue weighted by molar-refractivity contribution is 7.92. The molecule has 2 aliphatic rings. The Balaban J connectivity index is 1.57. The molecule has 0 spiro atoms. The fraction of sp³-hybridized carbons (Fsp3) is 0.321. The van der Waals surface area contributed by atoms with Crippen LogP contribution in [0.1, 0.15) is 48.0 Å². The Hall–Kier alpha value is -2.81. The first kappa shape index (κ1) is 25.8. The van der Waals surface area contributed by atoms with Crippen LogP contribution >= 0.6 is 11.6 Å². The van der Waals surface area contributed by atoms with Crippen LogP contribution in [0.2, 0.25) is 5.02 Å². The van der Waals surface area contributed by atoms with E-state index in [1.165, 1.54) is 59.5 Å². The molecule has 2 fully saturated rings. The lowest BCUT2D eigenvalue weighted by Gasteiger charge is -2.39. The van der Waals surface area contributed by atoms with Crippen LogP contribution < -0.4 is 4.90 Å². The van der Waals surface area contributed by atoms with Crippen LogP contribution in [0.3, 0.4) is 0 Å². The van der Waals surface area contributed by atoms with E-state index in [0.29, 0.717) is 23.4 Å². The molecular formula is C28H26ClF2NO4S. The average Bonchev–Trinajstić information content (AvgIpc) is 2.86. The molecule has 0 radical (unpaired) electrons. The fourth-order valence-electron chi connectivity index (χ4n) is 5.12. The molecule has 0 aromatic heterocycles. The summed E-state index contributed by atoms with van der Waals surface area (Å²) in [4.78, 5) is 14.8. The van der Waals surface area contributed by atoms with Gasteiger partial charge in [0.1, 0.15) is 16.4 Å². The summed E-state index contributed by atoms with van der Waals surface area (Å²) in [5.41, 5.74) is 0.481. The lowest BCUT2D eigenvalue weighted by molar-refractivity contribution is 0.0739. The van der Waals surface area contributed by atoms with E-state index in [2.05, 4.69) is 0 Å². The SMILES string of the molecule is O=C(c1cccc(F)c1)N(c1ccc(C2(S(=O)(=O)c3ccc(Cl)cc3)CCOCC2)cc1F)C1CCC1. The number of benzene rings is 3. The Bertz CT molecular complexity index is 1420. The molecule has 3 aromatic carbocycles. The van der Waals surface area contributed by atoms with Crippen LogP contribution in [0, 0.1) is 11.6 Å². The lowest BCUT2D eigenvalue weighted by Crippen LogP contribution is -2.45. The maximum absolute atomic E-state index is 15.8. The summed E-state index contributed by atoms with van der Waals surface area (Å²) in [6.07, 6.45) is 2.62. The molecule has 1 amide bonds. The van der Waals surface area contributed by atoms with Gasteiger partial charge in [0.2, 0.25) is 0 Å². The highest BCUT2D eigenvalue weighted by Crippen LogP contribution is 2.45. The van der Waals surface area contributed by atoms with E-state index < -0.39 is 32.1 Å². The van der Waals surface area contributed by atoms with Gasteiger partial charge in [-0.1, -0.05) is 23.7 Å². The summed E-state index contributed by atoms with van der Waals surface area (Å²) >= 11 is 5.97. The zero-order valence-corrected chi connectivity index (χ0v) is 21.6. The molecule has 1 heterocycles. The monoisotopic (exact) mass is 545 g/mol. The molecule has 0 unspecified atom stereocenters. The van der Waals surface area contributed by atoms with Crippen LogP contribution in [0.5, 0.6) is 0 Å². The number of halogens is 3. The van der Waals surface area contributed by atoms with Gasteiger partial charge in [0.25, 0.3) is 5.91 Å². The molecule has 1 saturated carbocycles. The zero-order valence-electron chi connectivity index (χ0n) is 20.0. The van der Waals surface area contributed by atoms with Crippen molar-refractivity contribution in [3.05, 3.63) is 94.5 Å². The van der Waals surface area contributed by atoms with E-state index in [-0.39, 0.29) is 48.2 Å². The van der Waals surface area contributed by atoms with Crippen molar-refractivity contribution in [1.29, 1.82) is 0 Å². The van der Waals surface area contributed by atoms with Crippen LogP contribution in [0.4, 0.5) is 14.5 Å². The van der Waals surface area contributed by atoms with Gasteiger partial charge < -0.3 is 9.64 Å². The largest absolute Gasteiger partial charge is 0.381 e. The second-order valence-corrected chi connectivity index (χ2v) is 12.2. The molecule has 0 N–H and O–H groups in total. The maximum atomic E-state index is 15.8. The second-order valence-electron chi connectivity index (χ2n) is 9.50. The van der Waals surface area contributed by atoms with Gasteiger partial charge in [-0.25, -0.2) is 17.2 Å². The van der Waals surface area contributed by atoms with Gasteiger partial charge in [-0.3, -0.25) is 4.79 Å². The van der Waals surface area contributed by atoms with Gasteiger partial charge in [0.05, 0.1) is 10.6 Å². The second kappa shape index (κ2) is 10.2. The molecule has 1 saturated heterocycles. The molecule has 3 aromatic rings. The Kier molecular flexibility index (Phi) is 7.09. The molecule has 1 aliphatic carbocycles. The molecule has 194 valence electrons. The van der Waals surface area contributed by atoms with E-state index in [0.717, 1.165) is 12.5 Å². The van der Waals surface area contributed by atoms with Gasteiger partial charge in [0, 0.05) is 29.8 Å². The standard InChI is InChI=1S/C28H26ClF2NO4S/c29-21-8-10-24(11-9-21)37(34,35)28(13-15-36-16-14-28)20-7-12-26(25(31)18-20)32(23-5-2-6-23)27(33)19-3-1-4-22(30)17-19/h1,3-4,7-12,17-18,23H,2,5-6,13-16H2. The lowest BCUT2D eigenvalue weighted by atomic mass is 9.88. The van der Waals surface area contributed by atoms with E-state index in [1.54, 1.807) is 6.07 Å². The van der Waals surface area contributed by atoms with E-state index in [4.69, 9.17) is 16.3 Å². The van der Waals surface area contributed by atoms with E-state index in [1.807, 2.05) is 0 Å². The highest BCUT2D eigenvalue weighted by Gasteiger charge is 2.48. The number of hydrogen-bond donors (Lipinski definition) is 0. The number of nitrogens with zero attached hydrogens (tertiary/aromatic N) is 1. The number of rotatable bonds is 6. The number of hydrogen-bond acceptors (Lipinski definition) is 4. The average molecular weight is 546 g/mol. The summed E-state index contributed by atoms with van der Waals surface area (Å²) in [7, 11) is -3.94. The number of anilines is 1. The topological polar surface area (TPSA) is 63.7 Å². The number of sulfone groups is 1. The van der Waals surface area contributed by atoms with Crippen molar-refractivity contribution in [2.75, 3.05) is 18.1 Å². The molecular weight excluding hydrogens is 520 g/mol. The third-order valence-corrected chi connectivity index (χ3v) is 10.2. The first-order chi connectivity index (χ1) is 17.7. The predicted octanol–water partition coefficient (Wildman–Crippen LogP) is 6.30. The van der Waals surface area contributed by atoms with Gasteiger partial charge in [0.15, 0.2) is 9.84 Å². The minimum atomic E-state index is -3.94. The van der Waals surface area contributed by atoms with Gasteiger partial charge in [-0.15, -0.1) is 0 Å². The summed E-state index contributed by atoms with van der Waals surface area (Å²) in [5, 5.41) is 0.412. The normalized spacial score (nSPS) is 17.7. The van der Waals surface area contributed by atoms with Crippen LogP contribution in [0.15, 0.2) is 71.6 Å². The molecule has 37 heavy (non-hydrogen) atoms. The van der Waals surface area contributed by atoms with Crippen molar-refractivity contribution in [3.8, 4) is 0 Å². The molecule has 1 aliphatic heterocycles. The van der Waals surface area contributed by atoms with Crippen molar-refractivity contribution in [1.82, 2.24) is 0 Å². The molecule has 5 nitrogen and oxygen atoms in total. The minimum absolute atomic E-state index is 0.0498. The van der Waals surface area contributed by atoms with Crippen LogP contribution in [-0.2, 0) is 19.3 Å². The quantitative estimate of drug-likeness (QED) is 0.365. The molecule has 0 atom stereocenters. The third-order valence-electron chi connectivity index (χ3n) is 7.40. The smallest absolute Gasteiger partial charge is 0.258 e. The number of carbonyl (C=O) groups excluding carboxylic acids is 1. The van der Waals surface area contributed by atoms with Crippen molar-refractivity contribution in [3.63, 3.8) is 0 Å². The zero-order chi connectivity index (χ0) is 26.2. The third kappa shape index (κ3) is 4.67. The van der Waals surface area contributed by atoms with E-state index >= 15 is 4.39 Å². The first-order valence-electron chi connectivity index (χ1n) is 12.2. The minimum Gasteiger partial charge on any atom is -0.381 e. The van der Waals surface area contributed by atoms with Crippen molar-refractivity contribution >= 4 is 33.0 Å². The van der Waals surface area contributed by atoms with Crippen LogP contribution in [-0.4, -0.2) is 33.6 Å². The Morgan fingerprint density at radius 3 is 2.27 bits per heavy atom. The molecule has 0 bridgehead atoms. The summed E-state index contributed by atoms with van der Waals surface area (Å²) in [6, 6.07) is 15.3. The molecule has 5 rings (SSSR count). The first-order valence-corrected chi connectivity index (χ1v) is 14.1. The summed E-state index contributed by atoms with van der Waals surface area (Å²) in [5.74, 6) is -1.75. The predicted molar refractivity (Wildman–Crippen MR) is 138 cm³/mol. The van der Waals surface area contributed by atoms with Gasteiger partial charge in [-0.2, -0.15) is 0 Å². The Morgan fingerprint density at radius 1 is 0.973 bits per heavy atom. The maximum Gasteiger partial charge on any atom is 0.258 e. The highest BCUT2D eigenvalue weighted by atomic mass is 35.5. The van der Waals surface area contributed by atoms with Crippen molar-refractivity contribution in [2.24, 2.45) is 0 Å². The van der Waals surface area contributed by atoms with Crippen LogP contribution in [0.25, 0.3) is 0 Å². The number of carbonyl (C=O) groups is 1. The van der Waals surface area contributed by atoms with Gasteiger partial charge >= 0.3 is 0 Å². The van der Waals surface area contributed by atoms with Gasteiger partial charge in [-0.05, 0) is 92.3 Å². The van der Waals surface area contributed by atoms with Crippen molar-refractivity contribution in [2.45, 2.75) is 47.8 Å². The molecule has 9 heteroatoms. The Morgan fingerprint density at radius 2 is 1.68 bits per heavy atom. The Labute approximate surface area is 219 Å².